The van der Waals surface area contributed by atoms with Gasteiger partial charge in [0.15, 0.2) is 0 Å². The van der Waals surface area contributed by atoms with Crippen molar-refractivity contribution in [3.63, 3.8) is 0 Å². The van der Waals surface area contributed by atoms with Gasteiger partial charge in [0.2, 0.25) is 0 Å². The minimum Gasteiger partial charge on any atom is -0.285 e. The second-order valence-corrected chi connectivity index (χ2v) is 6.58. The number of hydrogen-bond donors (Lipinski definition) is 0. The van der Waals surface area contributed by atoms with Gasteiger partial charge in [0.1, 0.15) is 0 Å². The molecule has 1 saturated heterocycles. The minimum absolute atomic E-state index is 0.534. The molecule has 114 valence electrons. The minimum atomic E-state index is 0.534. The summed E-state index contributed by atoms with van der Waals surface area (Å²) in [6.45, 7) is 3.38. The Balaban J connectivity index is 1.65. The van der Waals surface area contributed by atoms with Crippen LogP contribution in [0, 0.1) is 5.92 Å². The van der Waals surface area contributed by atoms with E-state index >= 15 is 0 Å². The van der Waals surface area contributed by atoms with E-state index in [0.717, 1.165) is 12.5 Å². The third-order valence-corrected chi connectivity index (χ3v) is 4.89. The van der Waals surface area contributed by atoms with E-state index in [4.69, 9.17) is 5.10 Å². The van der Waals surface area contributed by atoms with Gasteiger partial charge < -0.3 is 0 Å². The number of rotatable bonds is 6. The zero-order valence-corrected chi connectivity index (χ0v) is 13.3. The first kappa shape index (κ1) is 14.6. The van der Waals surface area contributed by atoms with Crippen molar-refractivity contribution in [1.29, 1.82) is 0 Å². The number of nitrogens with zero attached hydrogens (tertiary/aromatic N) is 2. The van der Waals surface area contributed by atoms with Crippen LogP contribution in [0.5, 0.6) is 0 Å². The summed E-state index contributed by atoms with van der Waals surface area (Å²) in [5, 5.41) is 7.36. The Bertz CT molecular complexity index is 460. The van der Waals surface area contributed by atoms with Gasteiger partial charge in [-0.15, -0.1) is 0 Å². The fourth-order valence-corrected chi connectivity index (χ4v) is 3.49. The van der Waals surface area contributed by atoms with Gasteiger partial charge in [-0.05, 0) is 37.2 Å². The van der Waals surface area contributed by atoms with E-state index in [-0.39, 0.29) is 0 Å². The molecule has 1 aliphatic heterocycles. The highest BCUT2D eigenvalue weighted by Crippen LogP contribution is 2.36. The van der Waals surface area contributed by atoms with Crippen molar-refractivity contribution >= 4 is 5.71 Å². The molecule has 1 saturated carbocycles. The van der Waals surface area contributed by atoms with Crippen molar-refractivity contribution in [2.24, 2.45) is 11.0 Å². The summed E-state index contributed by atoms with van der Waals surface area (Å²) in [6, 6.07) is 11.3. The lowest BCUT2D eigenvalue weighted by Gasteiger charge is -2.23. The largest absolute Gasteiger partial charge is 0.285 e. The monoisotopic (exact) mass is 284 g/mol. The van der Waals surface area contributed by atoms with Crippen LogP contribution in [0.4, 0.5) is 0 Å². The highest BCUT2D eigenvalue weighted by atomic mass is 15.6. The molecule has 0 spiro atoms. The van der Waals surface area contributed by atoms with Gasteiger partial charge in [0, 0.05) is 5.71 Å². The molecular weight excluding hydrogens is 256 g/mol. The quantitative estimate of drug-likeness (QED) is 0.519. The van der Waals surface area contributed by atoms with E-state index in [9.17, 15) is 0 Å². The van der Waals surface area contributed by atoms with Crippen molar-refractivity contribution in [1.82, 2.24) is 5.01 Å². The van der Waals surface area contributed by atoms with E-state index in [1.165, 1.54) is 62.6 Å². The van der Waals surface area contributed by atoms with Gasteiger partial charge >= 0.3 is 0 Å². The van der Waals surface area contributed by atoms with Gasteiger partial charge in [-0.25, -0.2) is 0 Å². The molecule has 1 atom stereocenters. The van der Waals surface area contributed by atoms with Crippen LogP contribution in [0.2, 0.25) is 0 Å². The molecule has 3 rings (SSSR count). The number of hydrazone groups is 1. The smallest absolute Gasteiger partial charge is 0.0912 e. The van der Waals surface area contributed by atoms with Crippen molar-refractivity contribution in [2.45, 2.75) is 64.3 Å². The molecule has 2 nitrogen and oxygen atoms in total. The van der Waals surface area contributed by atoms with Crippen molar-refractivity contribution in [2.75, 3.05) is 6.54 Å². The van der Waals surface area contributed by atoms with Gasteiger partial charge in [0.25, 0.3) is 0 Å². The van der Waals surface area contributed by atoms with Crippen LogP contribution >= 0.6 is 0 Å². The lowest BCUT2D eigenvalue weighted by Crippen LogP contribution is -2.19. The maximum atomic E-state index is 5.06. The predicted molar refractivity (Wildman–Crippen MR) is 89.4 cm³/mol. The molecule has 0 amide bonds. The maximum Gasteiger partial charge on any atom is 0.0912 e. The fraction of sp³-hybridized carbons (Fsp3) is 0.632. The first-order chi connectivity index (χ1) is 10.4. The molecule has 2 aliphatic rings. The lowest BCUT2D eigenvalue weighted by atomic mass is 9.84. The summed E-state index contributed by atoms with van der Waals surface area (Å²) in [7, 11) is 0. The average Bonchev–Trinajstić information content (AvgIpc) is 3.32. The summed E-state index contributed by atoms with van der Waals surface area (Å²) in [4.78, 5) is 0. The van der Waals surface area contributed by atoms with Crippen LogP contribution in [-0.2, 0) is 0 Å². The Morgan fingerprint density at radius 3 is 2.62 bits per heavy atom. The summed E-state index contributed by atoms with van der Waals surface area (Å²) >= 11 is 0. The summed E-state index contributed by atoms with van der Waals surface area (Å²) in [6.07, 6.45) is 10.7. The predicted octanol–water partition coefficient (Wildman–Crippen LogP) is 5.17. The van der Waals surface area contributed by atoms with Crippen LogP contribution in [0.15, 0.2) is 35.4 Å². The fourth-order valence-electron chi connectivity index (χ4n) is 3.49. The molecule has 0 radical (unpaired) electrons. The standard InChI is InChI=1S/C19H28N2/c1-2-3-14-18(16-10-6-4-7-11-16)20-21-15-19(21)17-12-8-5-9-13-17/h5,8-9,12-13,16,19H,2-4,6-7,10-11,14-15H2,1H3/b20-18-. The molecule has 1 aromatic rings. The average molecular weight is 284 g/mol. The second-order valence-electron chi connectivity index (χ2n) is 6.58. The molecule has 2 fully saturated rings. The normalized spacial score (nSPS) is 23.4. The molecule has 1 aliphatic carbocycles. The van der Waals surface area contributed by atoms with Crippen molar-refractivity contribution < 1.29 is 0 Å². The molecule has 2 heteroatoms. The summed E-state index contributed by atoms with van der Waals surface area (Å²) in [5.74, 6) is 0.766. The highest BCUT2D eigenvalue weighted by Gasteiger charge is 2.35. The summed E-state index contributed by atoms with van der Waals surface area (Å²) in [5.41, 5.74) is 2.91. The number of hydrogen-bond acceptors (Lipinski definition) is 2. The second kappa shape index (κ2) is 7.11. The Morgan fingerprint density at radius 1 is 1.14 bits per heavy atom. The van der Waals surface area contributed by atoms with E-state index in [2.05, 4.69) is 42.3 Å². The van der Waals surface area contributed by atoms with Gasteiger partial charge in [-0.2, -0.15) is 5.10 Å². The molecule has 1 aromatic carbocycles. The molecule has 0 aromatic heterocycles. The van der Waals surface area contributed by atoms with E-state index < -0.39 is 0 Å². The Morgan fingerprint density at radius 2 is 1.90 bits per heavy atom. The third-order valence-electron chi connectivity index (χ3n) is 4.89. The van der Waals surface area contributed by atoms with Crippen LogP contribution in [0.3, 0.4) is 0 Å². The zero-order valence-electron chi connectivity index (χ0n) is 13.3. The Kier molecular flexibility index (Phi) is 4.95. The first-order valence-electron chi connectivity index (χ1n) is 8.77. The maximum absolute atomic E-state index is 5.06. The number of benzene rings is 1. The van der Waals surface area contributed by atoms with E-state index in [1.807, 2.05) is 0 Å². The molecule has 0 bridgehead atoms. The van der Waals surface area contributed by atoms with Gasteiger partial charge in [-0.1, -0.05) is 62.9 Å². The first-order valence-corrected chi connectivity index (χ1v) is 8.77. The molecule has 21 heavy (non-hydrogen) atoms. The van der Waals surface area contributed by atoms with Crippen LogP contribution < -0.4 is 0 Å². The van der Waals surface area contributed by atoms with E-state index in [0.29, 0.717) is 6.04 Å². The van der Waals surface area contributed by atoms with Crippen LogP contribution in [0.1, 0.15) is 69.9 Å². The van der Waals surface area contributed by atoms with Gasteiger partial charge in [-0.3, -0.25) is 5.01 Å². The number of unbranched alkanes of at least 4 members (excludes halogenated alkanes) is 1. The van der Waals surface area contributed by atoms with Crippen LogP contribution in [-0.4, -0.2) is 17.3 Å². The molecule has 1 unspecified atom stereocenters. The Hall–Kier alpha value is -1.31. The third kappa shape index (κ3) is 3.87. The highest BCUT2D eigenvalue weighted by molar-refractivity contribution is 5.86. The summed E-state index contributed by atoms with van der Waals surface area (Å²) < 4.78 is 0. The zero-order chi connectivity index (χ0) is 14.5. The lowest BCUT2D eigenvalue weighted by molar-refractivity contribution is 0.425. The van der Waals surface area contributed by atoms with Crippen molar-refractivity contribution in [3.8, 4) is 0 Å². The SMILES string of the molecule is CCCC/C(=N/N1CC1c1ccccc1)C1CCCCC1. The van der Waals surface area contributed by atoms with Crippen molar-refractivity contribution in [3.05, 3.63) is 35.9 Å². The molecule has 1 heterocycles. The topological polar surface area (TPSA) is 15.4 Å². The van der Waals surface area contributed by atoms with E-state index in [1.54, 1.807) is 0 Å². The molecular formula is C19H28N2. The van der Waals surface area contributed by atoms with Gasteiger partial charge in [0.05, 0.1) is 12.6 Å². The molecule has 0 N–H and O–H groups in total. The Labute approximate surface area is 129 Å². The van der Waals surface area contributed by atoms with Crippen LogP contribution in [0.25, 0.3) is 0 Å².